The molecule has 0 radical (unpaired) electrons. The van der Waals surface area contributed by atoms with Gasteiger partial charge in [-0.25, -0.2) is 4.98 Å². The van der Waals surface area contributed by atoms with Gasteiger partial charge in [0.1, 0.15) is 5.82 Å². The lowest BCUT2D eigenvalue weighted by molar-refractivity contribution is -0.126. The van der Waals surface area contributed by atoms with Crippen molar-refractivity contribution in [3.63, 3.8) is 0 Å². The highest BCUT2D eigenvalue weighted by atomic mass is 16.5. The Labute approximate surface area is 165 Å². The summed E-state index contributed by atoms with van der Waals surface area (Å²) in [7, 11) is 3.20. The minimum absolute atomic E-state index is 0.0164. The van der Waals surface area contributed by atoms with E-state index in [0.717, 1.165) is 37.6 Å². The van der Waals surface area contributed by atoms with Crippen LogP contribution in [0, 0.1) is 0 Å². The van der Waals surface area contributed by atoms with Crippen LogP contribution in [0.25, 0.3) is 0 Å². The van der Waals surface area contributed by atoms with Crippen LogP contribution in [0.5, 0.6) is 11.5 Å². The van der Waals surface area contributed by atoms with Crippen molar-refractivity contribution in [2.24, 2.45) is 0 Å². The molecular weight excluding hydrogens is 358 g/mol. The number of aromatic nitrogens is 2. The first-order valence-corrected chi connectivity index (χ1v) is 9.36. The van der Waals surface area contributed by atoms with Gasteiger partial charge in [0.05, 0.1) is 26.5 Å². The van der Waals surface area contributed by atoms with Gasteiger partial charge in [-0.2, -0.15) is 0 Å². The molecule has 2 aromatic rings. The number of amides is 1. The van der Waals surface area contributed by atoms with Crippen molar-refractivity contribution in [3.05, 3.63) is 42.4 Å². The number of ether oxygens (including phenoxy) is 2. The van der Waals surface area contributed by atoms with E-state index < -0.39 is 0 Å². The third-order valence-corrected chi connectivity index (χ3v) is 5.03. The Morgan fingerprint density at radius 2 is 1.89 bits per heavy atom. The highest BCUT2D eigenvalue weighted by Gasteiger charge is 2.26. The standard InChI is InChI=1S/C20H27N5O3/c1-15(24-8-10-25(11-9-24)19-14-21-6-7-22-19)20(26)23-13-16-4-5-17(27-2)18(12-16)28-3/h4-7,12,14-15H,8-11,13H2,1-3H3,(H,23,26)/t15-/m1/s1. The number of benzene rings is 1. The van der Waals surface area contributed by atoms with Gasteiger partial charge in [0.25, 0.3) is 0 Å². The van der Waals surface area contributed by atoms with Gasteiger partial charge in [0, 0.05) is 45.1 Å². The second kappa shape index (κ2) is 9.36. The summed E-state index contributed by atoms with van der Waals surface area (Å²) in [6.45, 7) is 5.66. The van der Waals surface area contributed by atoms with Crippen LogP contribution in [0.2, 0.25) is 0 Å². The van der Waals surface area contributed by atoms with E-state index in [4.69, 9.17) is 9.47 Å². The van der Waals surface area contributed by atoms with Crippen LogP contribution in [0.1, 0.15) is 12.5 Å². The molecule has 0 unspecified atom stereocenters. The van der Waals surface area contributed by atoms with E-state index in [-0.39, 0.29) is 11.9 Å². The van der Waals surface area contributed by atoms with E-state index in [1.54, 1.807) is 32.8 Å². The molecular formula is C20H27N5O3. The fourth-order valence-electron chi connectivity index (χ4n) is 3.29. The number of hydrogen-bond acceptors (Lipinski definition) is 7. The smallest absolute Gasteiger partial charge is 0.237 e. The summed E-state index contributed by atoms with van der Waals surface area (Å²) in [5, 5.41) is 3.01. The van der Waals surface area contributed by atoms with Crippen molar-refractivity contribution in [1.29, 1.82) is 0 Å². The molecule has 0 saturated carbocycles. The molecule has 1 aliphatic rings. The quantitative estimate of drug-likeness (QED) is 0.770. The zero-order valence-electron chi connectivity index (χ0n) is 16.6. The molecule has 1 aromatic carbocycles. The summed E-state index contributed by atoms with van der Waals surface area (Å²) in [6.07, 6.45) is 5.14. The molecule has 1 N–H and O–H groups in total. The van der Waals surface area contributed by atoms with Gasteiger partial charge < -0.3 is 19.7 Å². The van der Waals surface area contributed by atoms with Crippen LogP contribution in [0.3, 0.4) is 0 Å². The first-order chi connectivity index (χ1) is 13.6. The molecule has 8 heteroatoms. The Kier molecular flexibility index (Phi) is 6.65. The van der Waals surface area contributed by atoms with Crippen LogP contribution >= 0.6 is 0 Å². The maximum atomic E-state index is 12.6. The Hall–Kier alpha value is -2.87. The largest absolute Gasteiger partial charge is 0.493 e. The SMILES string of the molecule is COc1ccc(CNC(=O)[C@@H](C)N2CCN(c3cnccn3)CC2)cc1OC. The third-order valence-electron chi connectivity index (χ3n) is 5.03. The van der Waals surface area contributed by atoms with Crippen LogP contribution in [-0.2, 0) is 11.3 Å². The number of rotatable bonds is 7. The van der Waals surface area contributed by atoms with Crippen molar-refractivity contribution in [3.8, 4) is 11.5 Å². The molecule has 1 aliphatic heterocycles. The summed E-state index contributed by atoms with van der Waals surface area (Å²) in [5.74, 6) is 2.23. The van der Waals surface area contributed by atoms with Gasteiger partial charge in [-0.05, 0) is 24.6 Å². The first kappa shape index (κ1) is 19.9. The molecule has 1 atom stereocenters. The Balaban J connectivity index is 1.50. The summed E-state index contributed by atoms with van der Waals surface area (Å²) < 4.78 is 10.6. The van der Waals surface area contributed by atoms with E-state index in [1.165, 1.54) is 0 Å². The molecule has 3 rings (SSSR count). The van der Waals surface area contributed by atoms with Gasteiger partial charge in [-0.15, -0.1) is 0 Å². The minimum Gasteiger partial charge on any atom is -0.493 e. The Bertz CT molecular complexity index is 779. The molecule has 1 fully saturated rings. The molecule has 2 heterocycles. The van der Waals surface area contributed by atoms with Crippen LogP contribution in [0.4, 0.5) is 5.82 Å². The minimum atomic E-state index is -0.191. The highest BCUT2D eigenvalue weighted by molar-refractivity contribution is 5.81. The van der Waals surface area contributed by atoms with Gasteiger partial charge in [-0.1, -0.05) is 6.07 Å². The number of methoxy groups -OCH3 is 2. The van der Waals surface area contributed by atoms with Gasteiger partial charge in [-0.3, -0.25) is 14.7 Å². The number of piperazine rings is 1. The molecule has 1 aromatic heterocycles. The van der Waals surface area contributed by atoms with Crippen LogP contribution in [0.15, 0.2) is 36.8 Å². The summed E-state index contributed by atoms with van der Waals surface area (Å²) in [5.41, 5.74) is 0.964. The molecule has 1 saturated heterocycles. The van der Waals surface area contributed by atoms with Crippen molar-refractivity contribution in [2.45, 2.75) is 19.5 Å². The van der Waals surface area contributed by atoms with Crippen molar-refractivity contribution in [2.75, 3.05) is 45.3 Å². The zero-order valence-corrected chi connectivity index (χ0v) is 16.6. The number of nitrogens with zero attached hydrogens (tertiary/aromatic N) is 4. The number of nitrogens with one attached hydrogen (secondary N) is 1. The lowest BCUT2D eigenvalue weighted by atomic mass is 10.1. The predicted octanol–water partition coefficient (Wildman–Crippen LogP) is 1.32. The van der Waals surface area contributed by atoms with Crippen molar-refractivity contribution < 1.29 is 14.3 Å². The van der Waals surface area contributed by atoms with E-state index in [1.807, 2.05) is 25.1 Å². The van der Waals surface area contributed by atoms with Crippen molar-refractivity contribution >= 4 is 11.7 Å². The Morgan fingerprint density at radius 3 is 2.54 bits per heavy atom. The van der Waals surface area contributed by atoms with Gasteiger partial charge in [0.15, 0.2) is 11.5 Å². The third kappa shape index (κ3) is 4.69. The number of carbonyl (C=O) groups excluding carboxylic acids is 1. The van der Waals surface area contributed by atoms with E-state index in [9.17, 15) is 4.79 Å². The second-order valence-electron chi connectivity index (χ2n) is 6.67. The summed E-state index contributed by atoms with van der Waals surface area (Å²) in [4.78, 5) is 25.4. The molecule has 150 valence electrons. The maximum absolute atomic E-state index is 12.6. The van der Waals surface area contributed by atoms with Crippen molar-refractivity contribution in [1.82, 2.24) is 20.2 Å². The fourth-order valence-corrected chi connectivity index (χ4v) is 3.29. The average Bonchev–Trinajstić information content (AvgIpc) is 2.77. The van der Waals surface area contributed by atoms with E-state index >= 15 is 0 Å². The monoisotopic (exact) mass is 385 g/mol. The molecule has 0 spiro atoms. The normalized spacial score (nSPS) is 15.8. The summed E-state index contributed by atoms with van der Waals surface area (Å²) in [6, 6.07) is 5.45. The Morgan fingerprint density at radius 1 is 1.14 bits per heavy atom. The van der Waals surface area contributed by atoms with Crippen LogP contribution in [-0.4, -0.2) is 67.2 Å². The number of carbonyl (C=O) groups is 1. The molecule has 1 amide bonds. The summed E-state index contributed by atoms with van der Waals surface area (Å²) >= 11 is 0. The van der Waals surface area contributed by atoms with Gasteiger partial charge in [0.2, 0.25) is 5.91 Å². The second-order valence-corrected chi connectivity index (χ2v) is 6.67. The number of anilines is 1. The predicted molar refractivity (Wildman–Crippen MR) is 107 cm³/mol. The number of hydrogen-bond donors (Lipinski definition) is 1. The zero-order chi connectivity index (χ0) is 19.9. The molecule has 8 nitrogen and oxygen atoms in total. The maximum Gasteiger partial charge on any atom is 0.237 e. The van der Waals surface area contributed by atoms with Crippen LogP contribution < -0.4 is 19.7 Å². The van der Waals surface area contributed by atoms with E-state index in [2.05, 4.69) is 25.1 Å². The molecule has 0 aliphatic carbocycles. The van der Waals surface area contributed by atoms with Gasteiger partial charge >= 0.3 is 0 Å². The molecule has 28 heavy (non-hydrogen) atoms. The lowest BCUT2D eigenvalue weighted by Gasteiger charge is -2.37. The highest BCUT2D eigenvalue weighted by Crippen LogP contribution is 2.27. The fraction of sp³-hybridized carbons (Fsp3) is 0.450. The molecule has 0 bridgehead atoms. The first-order valence-electron chi connectivity index (χ1n) is 9.36. The topological polar surface area (TPSA) is 79.8 Å². The lowest BCUT2D eigenvalue weighted by Crippen LogP contribution is -2.54. The average molecular weight is 385 g/mol. The van der Waals surface area contributed by atoms with E-state index in [0.29, 0.717) is 18.0 Å².